The Labute approximate surface area is 213 Å². The van der Waals surface area contributed by atoms with Crippen LogP contribution in [0.25, 0.3) is 44.8 Å². The lowest BCUT2D eigenvalue weighted by Crippen LogP contribution is -2.21. The first-order chi connectivity index (χ1) is 18.2. The predicted molar refractivity (Wildman–Crippen MR) is 142 cm³/mol. The van der Waals surface area contributed by atoms with Crippen LogP contribution >= 0.6 is 0 Å². The van der Waals surface area contributed by atoms with Gasteiger partial charge in [0.15, 0.2) is 5.82 Å². The van der Waals surface area contributed by atoms with E-state index in [4.69, 9.17) is 10.5 Å². The molecular formula is C28H26N8O. The van der Waals surface area contributed by atoms with Gasteiger partial charge in [-0.2, -0.15) is 10.2 Å². The van der Waals surface area contributed by atoms with Crippen molar-refractivity contribution >= 4 is 17.0 Å². The first kappa shape index (κ1) is 21.8. The molecular weight excluding hydrogens is 464 g/mol. The molecule has 0 atom stereocenters. The molecule has 0 spiro atoms. The summed E-state index contributed by atoms with van der Waals surface area (Å²) in [7, 11) is 0. The SMILES string of the molecule is Cc1cc2nccn2cc1-c1cccc(-c2cc(-c3ccnn3C3CCOCC3)c3c(N)ncnn23)c1. The number of hydrogen-bond donors (Lipinski definition) is 1. The molecule has 6 heterocycles. The number of aromatic nitrogens is 7. The van der Waals surface area contributed by atoms with Crippen molar-refractivity contribution in [2.45, 2.75) is 25.8 Å². The van der Waals surface area contributed by atoms with Crippen LogP contribution in [-0.4, -0.2) is 47.0 Å². The number of aryl methyl sites for hydroxylation is 1. The molecule has 0 saturated carbocycles. The van der Waals surface area contributed by atoms with E-state index >= 15 is 0 Å². The number of nitrogens with zero attached hydrogens (tertiary/aromatic N) is 7. The topological polar surface area (TPSA) is 101 Å². The van der Waals surface area contributed by atoms with Crippen LogP contribution in [-0.2, 0) is 4.74 Å². The Kier molecular flexibility index (Phi) is 5.03. The fraction of sp³-hybridized carbons (Fsp3) is 0.214. The number of pyridine rings is 1. The highest BCUT2D eigenvalue weighted by Gasteiger charge is 2.24. The second-order valence-electron chi connectivity index (χ2n) is 9.50. The van der Waals surface area contributed by atoms with Crippen LogP contribution in [0, 0.1) is 6.92 Å². The fourth-order valence-electron chi connectivity index (χ4n) is 5.42. The molecule has 1 aromatic carbocycles. The van der Waals surface area contributed by atoms with Crippen LogP contribution < -0.4 is 5.73 Å². The van der Waals surface area contributed by atoms with Crippen molar-refractivity contribution < 1.29 is 4.74 Å². The molecule has 0 radical (unpaired) electrons. The van der Waals surface area contributed by atoms with E-state index in [0.29, 0.717) is 5.82 Å². The smallest absolute Gasteiger partial charge is 0.152 e. The summed E-state index contributed by atoms with van der Waals surface area (Å²) in [6.45, 7) is 3.61. The van der Waals surface area contributed by atoms with E-state index in [1.54, 1.807) is 0 Å². The number of anilines is 1. The van der Waals surface area contributed by atoms with Gasteiger partial charge < -0.3 is 14.9 Å². The van der Waals surface area contributed by atoms with Crippen LogP contribution in [0.15, 0.2) is 73.6 Å². The molecule has 6 aromatic rings. The summed E-state index contributed by atoms with van der Waals surface area (Å²) in [5.74, 6) is 0.438. The lowest BCUT2D eigenvalue weighted by molar-refractivity contribution is 0.0667. The number of fused-ring (bicyclic) bond motifs is 2. The van der Waals surface area contributed by atoms with E-state index in [1.807, 2.05) is 33.6 Å². The average Bonchev–Trinajstić information content (AvgIpc) is 3.67. The Morgan fingerprint density at radius 2 is 1.78 bits per heavy atom. The molecule has 9 heteroatoms. The van der Waals surface area contributed by atoms with Gasteiger partial charge >= 0.3 is 0 Å². The van der Waals surface area contributed by atoms with Gasteiger partial charge in [0.25, 0.3) is 0 Å². The molecule has 7 rings (SSSR count). The third-order valence-corrected chi connectivity index (χ3v) is 7.27. The van der Waals surface area contributed by atoms with Crippen molar-refractivity contribution in [3.8, 4) is 33.6 Å². The van der Waals surface area contributed by atoms with Gasteiger partial charge in [-0.1, -0.05) is 18.2 Å². The van der Waals surface area contributed by atoms with Gasteiger partial charge in [-0.25, -0.2) is 14.5 Å². The average molecular weight is 491 g/mol. The van der Waals surface area contributed by atoms with Crippen LogP contribution in [0.4, 0.5) is 5.82 Å². The highest BCUT2D eigenvalue weighted by atomic mass is 16.5. The number of nitrogens with two attached hydrogens (primary N) is 1. The monoisotopic (exact) mass is 490 g/mol. The Bertz CT molecular complexity index is 1760. The van der Waals surface area contributed by atoms with Crippen molar-refractivity contribution in [3.63, 3.8) is 0 Å². The van der Waals surface area contributed by atoms with Crippen molar-refractivity contribution in [3.05, 3.63) is 79.1 Å². The minimum atomic E-state index is 0.285. The van der Waals surface area contributed by atoms with Gasteiger partial charge in [0, 0.05) is 54.7 Å². The summed E-state index contributed by atoms with van der Waals surface area (Å²) >= 11 is 0. The maximum absolute atomic E-state index is 6.44. The summed E-state index contributed by atoms with van der Waals surface area (Å²) in [6.07, 6.45) is 11.1. The molecule has 1 aliphatic heterocycles. The van der Waals surface area contributed by atoms with Crippen LogP contribution in [0.3, 0.4) is 0 Å². The van der Waals surface area contributed by atoms with Gasteiger partial charge in [-0.15, -0.1) is 0 Å². The van der Waals surface area contributed by atoms with Gasteiger partial charge in [-0.05, 0) is 55.2 Å². The van der Waals surface area contributed by atoms with Crippen molar-refractivity contribution in [2.75, 3.05) is 18.9 Å². The second-order valence-corrected chi connectivity index (χ2v) is 9.50. The molecule has 0 unspecified atom stereocenters. The Balaban J connectivity index is 1.39. The second kappa shape index (κ2) is 8.56. The highest BCUT2D eigenvalue weighted by molar-refractivity contribution is 5.91. The molecule has 1 fully saturated rings. The minimum absolute atomic E-state index is 0.285. The van der Waals surface area contributed by atoms with Crippen LogP contribution in [0.2, 0.25) is 0 Å². The van der Waals surface area contributed by atoms with Crippen molar-refractivity contribution in [1.82, 2.24) is 33.8 Å². The summed E-state index contributed by atoms with van der Waals surface area (Å²) in [4.78, 5) is 8.72. The van der Waals surface area contributed by atoms with Gasteiger partial charge in [0.05, 0.1) is 17.4 Å². The van der Waals surface area contributed by atoms with Crippen molar-refractivity contribution in [2.24, 2.45) is 0 Å². The minimum Gasteiger partial charge on any atom is -0.382 e. The van der Waals surface area contributed by atoms with Gasteiger partial charge in [0.2, 0.25) is 0 Å². The Morgan fingerprint density at radius 1 is 0.919 bits per heavy atom. The number of rotatable bonds is 4. The number of hydrogen-bond acceptors (Lipinski definition) is 6. The van der Waals surface area contributed by atoms with E-state index in [2.05, 4.69) is 74.4 Å². The molecule has 2 N–H and O–H groups in total. The Morgan fingerprint density at radius 3 is 2.68 bits per heavy atom. The standard InChI is InChI=1S/C28H26N8O/c1-18-13-26-30-9-10-34(26)16-23(18)19-3-2-4-20(14-19)25-15-22(27-28(29)31-17-33-36(25)27)24-5-8-32-35(24)21-6-11-37-12-7-21/h2-5,8-10,13-17,21H,6-7,11-12H2,1H3,(H2,29,31,33). The molecule has 0 bridgehead atoms. The third-order valence-electron chi connectivity index (χ3n) is 7.27. The first-order valence-electron chi connectivity index (χ1n) is 12.5. The molecule has 37 heavy (non-hydrogen) atoms. The molecule has 0 aliphatic carbocycles. The maximum Gasteiger partial charge on any atom is 0.152 e. The summed E-state index contributed by atoms with van der Waals surface area (Å²) < 4.78 is 11.6. The van der Waals surface area contributed by atoms with Crippen LogP contribution in [0.5, 0.6) is 0 Å². The quantitative estimate of drug-likeness (QED) is 0.380. The molecule has 0 amide bonds. The molecule has 1 saturated heterocycles. The summed E-state index contributed by atoms with van der Waals surface area (Å²) in [5, 5.41) is 9.29. The lowest BCUT2D eigenvalue weighted by Gasteiger charge is -2.24. The van der Waals surface area contributed by atoms with E-state index in [0.717, 1.165) is 70.9 Å². The van der Waals surface area contributed by atoms with Crippen molar-refractivity contribution in [1.29, 1.82) is 0 Å². The fourth-order valence-corrected chi connectivity index (χ4v) is 5.42. The number of imidazole rings is 1. The molecule has 184 valence electrons. The van der Waals surface area contributed by atoms with Crippen LogP contribution in [0.1, 0.15) is 24.4 Å². The zero-order valence-electron chi connectivity index (χ0n) is 20.5. The van der Waals surface area contributed by atoms with E-state index < -0.39 is 0 Å². The molecule has 1 aliphatic rings. The molecule has 5 aromatic heterocycles. The van der Waals surface area contributed by atoms with E-state index in [1.165, 1.54) is 11.9 Å². The van der Waals surface area contributed by atoms with E-state index in [9.17, 15) is 0 Å². The number of ether oxygens (including phenoxy) is 1. The summed E-state index contributed by atoms with van der Waals surface area (Å²) in [6, 6.07) is 15.1. The zero-order valence-corrected chi connectivity index (χ0v) is 20.5. The zero-order chi connectivity index (χ0) is 24.9. The largest absolute Gasteiger partial charge is 0.382 e. The third kappa shape index (κ3) is 3.58. The highest BCUT2D eigenvalue weighted by Crippen LogP contribution is 2.37. The predicted octanol–water partition coefficient (Wildman–Crippen LogP) is 4.82. The normalized spacial score (nSPS) is 14.6. The van der Waals surface area contributed by atoms with Gasteiger partial charge in [-0.3, -0.25) is 4.68 Å². The first-order valence-corrected chi connectivity index (χ1v) is 12.5. The maximum atomic E-state index is 6.44. The van der Waals surface area contributed by atoms with E-state index in [-0.39, 0.29) is 6.04 Å². The lowest BCUT2D eigenvalue weighted by atomic mass is 9.99. The number of nitrogen functional groups attached to an aromatic ring is 1. The summed E-state index contributed by atoms with van der Waals surface area (Å²) in [5.41, 5.74) is 15.6. The van der Waals surface area contributed by atoms with Gasteiger partial charge in [0.1, 0.15) is 17.5 Å². The Hall–Kier alpha value is -4.50. The number of benzene rings is 1. The molecule has 9 nitrogen and oxygen atoms in total.